The Balaban J connectivity index is 0.000000293. The van der Waals surface area contributed by atoms with Crippen molar-refractivity contribution in [2.24, 2.45) is 9.98 Å². The van der Waals surface area contributed by atoms with Gasteiger partial charge in [-0.05, 0) is 25.0 Å². The Kier molecular flexibility index (Phi) is 16.8. The standard InChI is InChI=1S/2C19H21N2.Cr/c2*1-16(20-14-18-9-5-3-6-10-18)13-17(2)21-15-19-11-7-4-8-12-19;/h2*3-13H,14-15H2,1-2H3;/q2*-1;+2/b2*16-13-,21-17?;. The summed E-state index contributed by atoms with van der Waals surface area (Å²) in [5.74, 6) is 0. The molecule has 0 saturated carbocycles. The maximum Gasteiger partial charge on any atom is 2.00 e. The molecule has 220 valence electrons. The quantitative estimate of drug-likeness (QED) is 0.144. The molecular weight excluding hydrogens is 564 g/mol. The van der Waals surface area contributed by atoms with Crippen LogP contribution in [-0.2, 0) is 43.5 Å². The molecule has 0 aliphatic carbocycles. The summed E-state index contributed by atoms with van der Waals surface area (Å²) in [6.07, 6.45) is 4.07. The summed E-state index contributed by atoms with van der Waals surface area (Å²) in [7, 11) is 0. The van der Waals surface area contributed by atoms with E-state index in [0.717, 1.165) is 49.0 Å². The molecule has 4 aromatic carbocycles. The molecule has 4 aromatic rings. The SMILES string of the molecule is CC(/C=C(/C)[N-]Cc1ccccc1)=NCc1ccccc1.CC(/C=C(/C)[N-]Cc1ccccc1)=NCc1ccccc1.[Cr+2]. The number of hydrogen-bond acceptors (Lipinski definition) is 2. The third-order valence-electron chi connectivity index (χ3n) is 6.25. The van der Waals surface area contributed by atoms with Gasteiger partial charge in [-0.3, -0.25) is 9.98 Å². The molecular formula is C38H42CrN4. The van der Waals surface area contributed by atoms with Crippen molar-refractivity contribution in [2.75, 3.05) is 0 Å². The minimum atomic E-state index is 0. The molecule has 0 heterocycles. The van der Waals surface area contributed by atoms with E-state index in [9.17, 15) is 0 Å². The van der Waals surface area contributed by atoms with Gasteiger partial charge in [-0.2, -0.15) is 11.4 Å². The molecule has 0 radical (unpaired) electrons. The molecule has 0 aliphatic rings. The van der Waals surface area contributed by atoms with E-state index in [1.54, 1.807) is 0 Å². The molecule has 5 heteroatoms. The minimum Gasteiger partial charge on any atom is -0.684 e. The number of aliphatic imine (C=N–C) groups is 2. The molecule has 0 saturated heterocycles. The summed E-state index contributed by atoms with van der Waals surface area (Å²) < 4.78 is 0. The van der Waals surface area contributed by atoms with Crippen molar-refractivity contribution >= 4 is 11.4 Å². The molecule has 0 fully saturated rings. The van der Waals surface area contributed by atoms with Gasteiger partial charge in [0.15, 0.2) is 0 Å². The van der Waals surface area contributed by atoms with Crippen LogP contribution in [0.15, 0.2) is 155 Å². The summed E-state index contributed by atoms with van der Waals surface area (Å²) in [4.78, 5) is 9.14. The van der Waals surface area contributed by atoms with Crippen LogP contribution >= 0.6 is 0 Å². The maximum atomic E-state index is 4.57. The van der Waals surface area contributed by atoms with Crippen molar-refractivity contribution < 1.29 is 17.4 Å². The first kappa shape index (κ1) is 35.0. The van der Waals surface area contributed by atoms with E-state index >= 15 is 0 Å². The van der Waals surface area contributed by atoms with Crippen molar-refractivity contribution in [2.45, 2.75) is 53.9 Å². The molecule has 0 bridgehead atoms. The molecule has 0 spiro atoms. The fraction of sp³-hybridized carbons (Fsp3) is 0.211. The van der Waals surface area contributed by atoms with Crippen LogP contribution in [0.3, 0.4) is 0 Å². The third kappa shape index (κ3) is 15.6. The Labute approximate surface area is 269 Å². The number of benzene rings is 4. The molecule has 4 nitrogen and oxygen atoms in total. The Hall–Kier alpha value is -4.17. The van der Waals surface area contributed by atoms with E-state index in [0.29, 0.717) is 0 Å². The average Bonchev–Trinajstić information content (AvgIpc) is 3.03. The van der Waals surface area contributed by atoms with Gasteiger partial charge in [-0.15, -0.1) is 13.1 Å². The van der Waals surface area contributed by atoms with Crippen LogP contribution in [-0.4, -0.2) is 11.4 Å². The zero-order valence-corrected chi connectivity index (χ0v) is 27.0. The summed E-state index contributed by atoms with van der Waals surface area (Å²) >= 11 is 0. The van der Waals surface area contributed by atoms with Crippen LogP contribution in [0.25, 0.3) is 10.6 Å². The molecule has 4 rings (SSSR count). The van der Waals surface area contributed by atoms with E-state index in [1.165, 1.54) is 22.3 Å². The average molecular weight is 607 g/mol. The van der Waals surface area contributed by atoms with Crippen molar-refractivity contribution in [3.05, 3.63) is 178 Å². The summed E-state index contributed by atoms with van der Waals surface area (Å²) in [5, 5.41) is 9.14. The predicted octanol–water partition coefficient (Wildman–Crippen LogP) is 10.2. The molecule has 0 aliphatic heterocycles. The Morgan fingerprint density at radius 1 is 0.465 bits per heavy atom. The van der Waals surface area contributed by atoms with Gasteiger partial charge >= 0.3 is 17.4 Å². The van der Waals surface area contributed by atoms with Gasteiger partial charge in [-0.25, -0.2) is 0 Å². The van der Waals surface area contributed by atoms with E-state index in [1.807, 2.05) is 113 Å². The monoisotopic (exact) mass is 606 g/mol. The summed E-state index contributed by atoms with van der Waals surface area (Å²) in [6.45, 7) is 10.9. The number of hydrogen-bond donors (Lipinski definition) is 0. The molecule has 0 amide bonds. The molecule has 0 aromatic heterocycles. The van der Waals surface area contributed by atoms with E-state index in [4.69, 9.17) is 0 Å². The summed E-state index contributed by atoms with van der Waals surface area (Å²) in [6, 6.07) is 41.1. The summed E-state index contributed by atoms with van der Waals surface area (Å²) in [5.41, 5.74) is 8.93. The zero-order chi connectivity index (χ0) is 29.8. The molecule has 0 N–H and O–H groups in total. The smallest absolute Gasteiger partial charge is 0.684 e. The van der Waals surface area contributed by atoms with Crippen LogP contribution in [0.2, 0.25) is 0 Å². The van der Waals surface area contributed by atoms with Gasteiger partial charge in [0, 0.05) is 11.4 Å². The number of allylic oxidation sites excluding steroid dienone is 4. The van der Waals surface area contributed by atoms with Crippen LogP contribution in [0, 0.1) is 0 Å². The Bertz CT molecular complexity index is 1320. The largest absolute Gasteiger partial charge is 2.00 e. The van der Waals surface area contributed by atoms with Gasteiger partial charge in [0.05, 0.1) is 13.1 Å². The van der Waals surface area contributed by atoms with E-state index < -0.39 is 0 Å². The van der Waals surface area contributed by atoms with E-state index in [2.05, 4.69) is 69.1 Å². The topological polar surface area (TPSA) is 52.9 Å². The van der Waals surface area contributed by atoms with Gasteiger partial charge in [0.25, 0.3) is 0 Å². The second-order valence-electron chi connectivity index (χ2n) is 10.1. The predicted molar refractivity (Wildman–Crippen MR) is 181 cm³/mol. The van der Waals surface area contributed by atoms with Gasteiger partial charge in [-0.1, -0.05) is 158 Å². The van der Waals surface area contributed by atoms with Gasteiger partial charge < -0.3 is 10.6 Å². The minimum absolute atomic E-state index is 0. The number of nitrogens with zero attached hydrogens (tertiary/aromatic N) is 4. The van der Waals surface area contributed by atoms with Crippen molar-refractivity contribution in [3.63, 3.8) is 0 Å². The Morgan fingerprint density at radius 2 is 0.744 bits per heavy atom. The number of rotatable bonds is 12. The zero-order valence-electron chi connectivity index (χ0n) is 25.7. The van der Waals surface area contributed by atoms with E-state index in [-0.39, 0.29) is 17.4 Å². The second-order valence-corrected chi connectivity index (χ2v) is 10.1. The fourth-order valence-electron chi connectivity index (χ4n) is 3.98. The first-order valence-corrected chi connectivity index (χ1v) is 14.4. The fourth-order valence-corrected chi connectivity index (χ4v) is 3.98. The molecule has 0 atom stereocenters. The molecule has 43 heavy (non-hydrogen) atoms. The van der Waals surface area contributed by atoms with Crippen LogP contribution < -0.4 is 0 Å². The van der Waals surface area contributed by atoms with Crippen molar-refractivity contribution in [1.29, 1.82) is 0 Å². The van der Waals surface area contributed by atoms with Crippen LogP contribution in [0.1, 0.15) is 49.9 Å². The first-order chi connectivity index (χ1) is 20.5. The Morgan fingerprint density at radius 3 is 1.05 bits per heavy atom. The van der Waals surface area contributed by atoms with Gasteiger partial charge in [0.1, 0.15) is 0 Å². The van der Waals surface area contributed by atoms with Crippen molar-refractivity contribution in [3.8, 4) is 0 Å². The first-order valence-electron chi connectivity index (χ1n) is 14.4. The normalized spacial score (nSPS) is 12.0. The molecule has 0 unspecified atom stereocenters. The van der Waals surface area contributed by atoms with Crippen molar-refractivity contribution in [1.82, 2.24) is 0 Å². The third-order valence-corrected chi connectivity index (χ3v) is 6.25. The second kappa shape index (κ2) is 20.7. The van der Waals surface area contributed by atoms with Crippen LogP contribution in [0.5, 0.6) is 0 Å². The van der Waals surface area contributed by atoms with Crippen LogP contribution in [0.4, 0.5) is 0 Å². The van der Waals surface area contributed by atoms with Gasteiger partial charge in [0.2, 0.25) is 0 Å². The maximum absolute atomic E-state index is 4.57.